The molecule has 2 aromatic rings. The molecule has 1 aromatic carbocycles. The van der Waals surface area contributed by atoms with Gasteiger partial charge in [-0.25, -0.2) is 4.79 Å². The number of carbonyl (C=O) groups excluding carboxylic acids is 2. The number of urea groups is 1. The van der Waals surface area contributed by atoms with Crippen LogP contribution in [-0.4, -0.2) is 34.5 Å². The zero-order valence-electron chi connectivity index (χ0n) is 13.0. The van der Waals surface area contributed by atoms with Crippen molar-refractivity contribution < 1.29 is 14.3 Å². The first kappa shape index (κ1) is 18.6. The summed E-state index contributed by atoms with van der Waals surface area (Å²) in [5.41, 5.74) is 6.08. The van der Waals surface area contributed by atoms with Gasteiger partial charge in [0.1, 0.15) is 5.75 Å². The summed E-state index contributed by atoms with van der Waals surface area (Å²) in [7, 11) is 1.63. The van der Waals surface area contributed by atoms with Crippen LogP contribution in [0.25, 0.3) is 0 Å². The summed E-state index contributed by atoms with van der Waals surface area (Å²) in [6.45, 7) is 1.68. The van der Waals surface area contributed by atoms with Crippen molar-refractivity contribution in [1.29, 1.82) is 0 Å². The maximum Gasteiger partial charge on any atom is 0.318 e. The van der Waals surface area contributed by atoms with E-state index < -0.39 is 17.2 Å². The van der Waals surface area contributed by atoms with E-state index in [0.29, 0.717) is 4.34 Å². The predicted molar refractivity (Wildman–Crippen MR) is 95.5 cm³/mol. The van der Waals surface area contributed by atoms with Crippen LogP contribution in [0.3, 0.4) is 0 Å². The topological polar surface area (TPSA) is 107 Å². The van der Waals surface area contributed by atoms with Crippen LogP contribution in [0.2, 0.25) is 0 Å². The Balaban J connectivity index is 1.86. The number of rotatable bonds is 7. The molecule has 3 N–H and O–H groups in total. The molecule has 10 heteroatoms. The van der Waals surface area contributed by atoms with Crippen molar-refractivity contribution in [1.82, 2.24) is 15.5 Å². The fourth-order valence-corrected chi connectivity index (χ4v) is 4.72. The third-order valence-electron chi connectivity index (χ3n) is 2.80. The van der Waals surface area contributed by atoms with Gasteiger partial charge in [0.05, 0.1) is 12.4 Å². The van der Waals surface area contributed by atoms with Crippen molar-refractivity contribution in [3.05, 3.63) is 29.8 Å². The van der Waals surface area contributed by atoms with Crippen molar-refractivity contribution >= 4 is 46.8 Å². The first-order valence-corrected chi connectivity index (χ1v) is 9.52. The number of hydrogen-bond acceptors (Lipinski definition) is 8. The lowest BCUT2D eigenvalue weighted by molar-refractivity contribution is -0.119. The first-order valence-electron chi connectivity index (χ1n) is 6.84. The zero-order valence-corrected chi connectivity index (χ0v) is 15.5. The number of carbonyl (C=O) groups is 2. The number of thioether (sulfide) groups is 2. The number of aromatic nitrogens is 2. The fraction of sp³-hybridized carbons (Fsp3) is 0.286. The summed E-state index contributed by atoms with van der Waals surface area (Å²) >= 11 is 4.21. The van der Waals surface area contributed by atoms with E-state index in [0.717, 1.165) is 21.4 Å². The number of nitrogens with zero attached hydrogens (tertiary/aromatic N) is 2. The van der Waals surface area contributed by atoms with Gasteiger partial charge in [0, 0.05) is 5.75 Å². The number of hydrogen-bond donors (Lipinski definition) is 2. The Labute approximate surface area is 151 Å². The summed E-state index contributed by atoms with van der Waals surface area (Å²) in [4.78, 5) is 22.3. The number of ether oxygens (including phenoxy) is 1. The molecular weight excluding hydrogens is 368 g/mol. The van der Waals surface area contributed by atoms with Gasteiger partial charge in [-0.05, 0) is 24.6 Å². The Morgan fingerprint density at radius 3 is 2.58 bits per heavy atom. The Morgan fingerprint density at radius 2 is 1.96 bits per heavy atom. The highest BCUT2D eigenvalue weighted by molar-refractivity contribution is 8.03. The highest BCUT2D eigenvalue weighted by Crippen LogP contribution is 2.32. The maximum atomic E-state index is 11.6. The van der Waals surface area contributed by atoms with Crippen molar-refractivity contribution in [2.75, 3.05) is 7.11 Å². The number of amides is 3. The molecule has 128 valence electrons. The van der Waals surface area contributed by atoms with E-state index in [4.69, 9.17) is 10.5 Å². The molecule has 7 nitrogen and oxygen atoms in total. The van der Waals surface area contributed by atoms with Gasteiger partial charge in [-0.1, -0.05) is 47.0 Å². The highest BCUT2D eigenvalue weighted by atomic mass is 32.2. The monoisotopic (exact) mass is 384 g/mol. The SMILES string of the molecule is COc1ccc(CSc2nnc(S[C@@H](C)C(=O)NC(N)=O)s2)cc1. The quantitative estimate of drug-likeness (QED) is 0.706. The van der Waals surface area contributed by atoms with Crippen LogP contribution in [0.1, 0.15) is 12.5 Å². The molecule has 1 aromatic heterocycles. The molecule has 2 rings (SSSR count). The number of benzene rings is 1. The normalized spacial score (nSPS) is 11.8. The van der Waals surface area contributed by atoms with Crippen LogP contribution in [-0.2, 0) is 10.5 Å². The second-order valence-electron chi connectivity index (χ2n) is 4.58. The number of primary amides is 1. The minimum absolute atomic E-state index is 0.449. The van der Waals surface area contributed by atoms with E-state index in [-0.39, 0.29) is 0 Å². The van der Waals surface area contributed by atoms with Gasteiger partial charge < -0.3 is 10.5 Å². The van der Waals surface area contributed by atoms with E-state index in [9.17, 15) is 9.59 Å². The fourth-order valence-electron chi connectivity index (χ4n) is 1.60. The van der Waals surface area contributed by atoms with Gasteiger partial charge in [0.25, 0.3) is 0 Å². The van der Waals surface area contributed by atoms with Crippen LogP contribution in [0.15, 0.2) is 32.9 Å². The Morgan fingerprint density at radius 1 is 1.29 bits per heavy atom. The molecule has 0 aliphatic heterocycles. The van der Waals surface area contributed by atoms with Crippen molar-refractivity contribution in [2.45, 2.75) is 26.6 Å². The second-order valence-corrected chi connectivity index (χ2v) is 8.37. The lowest BCUT2D eigenvalue weighted by Gasteiger charge is -2.06. The molecular formula is C14H16N4O3S3. The molecule has 0 saturated heterocycles. The smallest absolute Gasteiger partial charge is 0.318 e. The minimum Gasteiger partial charge on any atom is -0.497 e. The van der Waals surface area contributed by atoms with Crippen molar-refractivity contribution in [2.24, 2.45) is 5.73 Å². The third kappa shape index (κ3) is 5.69. The molecule has 0 unspecified atom stereocenters. The zero-order chi connectivity index (χ0) is 17.5. The number of nitrogens with one attached hydrogen (secondary N) is 1. The van der Waals surface area contributed by atoms with Crippen LogP contribution in [0, 0.1) is 0 Å². The van der Waals surface area contributed by atoms with E-state index in [2.05, 4.69) is 10.2 Å². The lowest BCUT2D eigenvalue weighted by atomic mass is 10.2. The average molecular weight is 385 g/mol. The number of methoxy groups -OCH3 is 1. The molecule has 0 radical (unpaired) electrons. The lowest BCUT2D eigenvalue weighted by Crippen LogP contribution is -2.39. The van der Waals surface area contributed by atoms with E-state index in [1.54, 1.807) is 25.8 Å². The molecule has 0 saturated carbocycles. The largest absolute Gasteiger partial charge is 0.497 e. The van der Waals surface area contributed by atoms with Gasteiger partial charge in [-0.15, -0.1) is 10.2 Å². The van der Waals surface area contributed by atoms with E-state index >= 15 is 0 Å². The summed E-state index contributed by atoms with van der Waals surface area (Å²) in [6.07, 6.45) is 0. The van der Waals surface area contributed by atoms with Crippen LogP contribution in [0.4, 0.5) is 4.79 Å². The van der Waals surface area contributed by atoms with E-state index in [1.807, 2.05) is 29.6 Å². The molecule has 1 heterocycles. The van der Waals surface area contributed by atoms with Crippen LogP contribution in [0.5, 0.6) is 5.75 Å². The van der Waals surface area contributed by atoms with E-state index in [1.165, 1.54) is 23.1 Å². The van der Waals surface area contributed by atoms with Gasteiger partial charge in [-0.2, -0.15) is 0 Å². The predicted octanol–water partition coefficient (Wildman–Crippen LogP) is 2.51. The summed E-state index contributed by atoms with van der Waals surface area (Å²) < 4.78 is 6.61. The number of imide groups is 1. The van der Waals surface area contributed by atoms with Crippen molar-refractivity contribution in [3.8, 4) is 5.75 Å². The number of nitrogens with two attached hydrogens (primary N) is 1. The maximum absolute atomic E-state index is 11.6. The molecule has 0 bridgehead atoms. The molecule has 3 amide bonds. The second kappa shape index (κ2) is 8.90. The Kier molecular flexibility index (Phi) is 6.88. The molecule has 24 heavy (non-hydrogen) atoms. The molecule has 0 aliphatic carbocycles. The van der Waals surface area contributed by atoms with Crippen LogP contribution >= 0.6 is 34.9 Å². The van der Waals surface area contributed by atoms with Gasteiger partial charge >= 0.3 is 6.03 Å². The Bertz CT molecular complexity index is 706. The molecule has 0 aliphatic rings. The first-order chi connectivity index (χ1) is 11.5. The average Bonchev–Trinajstić information content (AvgIpc) is 3.00. The van der Waals surface area contributed by atoms with Crippen molar-refractivity contribution in [3.63, 3.8) is 0 Å². The Hall–Kier alpha value is -1.78. The minimum atomic E-state index is -0.861. The summed E-state index contributed by atoms with van der Waals surface area (Å²) in [5.74, 6) is 1.14. The summed E-state index contributed by atoms with van der Waals surface area (Å²) in [6, 6.07) is 6.96. The highest BCUT2D eigenvalue weighted by Gasteiger charge is 2.18. The molecule has 0 fully saturated rings. The standard InChI is InChI=1S/C14H16N4O3S3/c1-8(11(19)16-12(15)20)23-14-18-17-13(24-14)22-7-9-3-5-10(21-2)6-4-9/h3-6,8H,7H2,1-2H3,(H3,15,16,19,20)/t8-/m0/s1. The summed E-state index contributed by atoms with van der Waals surface area (Å²) in [5, 5.41) is 9.72. The van der Waals surface area contributed by atoms with Gasteiger partial charge in [0.2, 0.25) is 5.91 Å². The van der Waals surface area contributed by atoms with Gasteiger partial charge in [0.15, 0.2) is 8.68 Å². The molecule has 0 spiro atoms. The molecule has 1 atom stereocenters. The third-order valence-corrected chi connectivity index (χ3v) is 6.11. The van der Waals surface area contributed by atoms with Gasteiger partial charge in [-0.3, -0.25) is 10.1 Å². The van der Waals surface area contributed by atoms with Crippen LogP contribution < -0.4 is 15.8 Å².